The lowest BCUT2D eigenvalue weighted by molar-refractivity contribution is 0.172. The van der Waals surface area contributed by atoms with Crippen LogP contribution in [0.15, 0.2) is 78.0 Å². The molecule has 4 aromatic rings. The largest absolute Gasteiger partial charge is 0.485 e. The summed E-state index contributed by atoms with van der Waals surface area (Å²) in [7, 11) is 0. The second-order valence-corrected chi connectivity index (χ2v) is 8.10. The Morgan fingerprint density at radius 1 is 0.966 bits per heavy atom. The van der Waals surface area contributed by atoms with Gasteiger partial charge in [0.2, 0.25) is 0 Å². The van der Waals surface area contributed by atoms with Gasteiger partial charge in [-0.15, -0.1) is 10.2 Å². The Morgan fingerprint density at radius 2 is 1.76 bits per heavy atom. The van der Waals surface area contributed by atoms with Crippen LogP contribution in [-0.4, -0.2) is 25.5 Å². The first-order chi connectivity index (χ1) is 14.3. The zero-order valence-electron chi connectivity index (χ0n) is 16.2. The molecule has 0 saturated carbocycles. The van der Waals surface area contributed by atoms with E-state index in [-0.39, 0.29) is 0 Å². The number of fused-ring (bicyclic) bond motifs is 2. The molecule has 0 fully saturated rings. The van der Waals surface area contributed by atoms with Gasteiger partial charge in [0.1, 0.15) is 12.4 Å². The maximum atomic E-state index is 6.16. The molecule has 1 aliphatic heterocycles. The summed E-state index contributed by atoms with van der Waals surface area (Å²) in [4.78, 5) is 2.43. The van der Waals surface area contributed by atoms with Crippen LogP contribution in [0.3, 0.4) is 0 Å². The average molecular weight is 403 g/mol. The van der Waals surface area contributed by atoms with Crippen LogP contribution in [0.2, 0.25) is 0 Å². The van der Waals surface area contributed by atoms with Crippen molar-refractivity contribution in [3.63, 3.8) is 0 Å². The summed E-state index contributed by atoms with van der Waals surface area (Å²) in [5.74, 6) is 2.63. The predicted molar refractivity (Wildman–Crippen MR) is 116 cm³/mol. The van der Waals surface area contributed by atoms with E-state index in [0.29, 0.717) is 12.6 Å². The quantitative estimate of drug-likeness (QED) is 0.465. The van der Waals surface area contributed by atoms with E-state index in [9.17, 15) is 0 Å². The molecule has 0 aliphatic carbocycles. The number of benzene rings is 3. The van der Waals surface area contributed by atoms with Gasteiger partial charge in [-0.3, -0.25) is 9.47 Å². The fraction of sp³-hybridized carbons (Fsp3) is 0.217. The van der Waals surface area contributed by atoms with Crippen molar-refractivity contribution in [1.82, 2.24) is 19.7 Å². The number of hydrogen-bond donors (Lipinski definition) is 0. The second kappa shape index (κ2) is 7.89. The highest BCUT2D eigenvalue weighted by Crippen LogP contribution is 2.31. The van der Waals surface area contributed by atoms with Crippen molar-refractivity contribution in [2.75, 3.05) is 5.88 Å². The molecule has 1 aliphatic rings. The summed E-state index contributed by atoms with van der Waals surface area (Å²) in [5, 5.41) is 12.0. The first kappa shape index (κ1) is 18.2. The first-order valence-corrected chi connectivity index (χ1v) is 10.7. The zero-order valence-corrected chi connectivity index (χ0v) is 17.0. The van der Waals surface area contributed by atoms with Crippen molar-refractivity contribution in [3.05, 3.63) is 84.2 Å². The molecule has 0 unspecified atom stereocenters. The molecule has 2 heterocycles. The molecular weight excluding hydrogens is 380 g/mol. The monoisotopic (exact) mass is 402 g/mol. The molecule has 3 aromatic carbocycles. The molecule has 0 saturated heterocycles. The normalized spacial score (nSPS) is 15.2. The van der Waals surface area contributed by atoms with Gasteiger partial charge >= 0.3 is 0 Å². The minimum Gasteiger partial charge on any atom is -0.485 e. The van der Waals surface area contributed by atoms with Gasteiger partial charge in [-0.05, 0) is 23.9 Å². The third-order valence-corrected chi connectivity index (χ3v) is 6.43. The van der Waals surface area contributed by atoms with Gasteiger partial charge in [0.15, 0.2) is 11.0 Å². The van der Waals surface area contributed by atoms with Gasteiger partial charge < -0.3 is 4.74 Å². The van der Waals surface area contributed by atoms with Crippen molar-refractivity contribution >= 4 is 22.5 Å². The Bertz CT molecular complexity index is 1120. The Hall–Kier alpha value is -2.83. The van der Waals surface area contributed by atoms with Crippen LogP contribution < -0.4 is 4.74 Å². The number of rotatable bonds is 5. The molecule has 146 valence electrons. The summed E-state index contributed by atoms with van der Waals surface area (Å²) >= 11 is 1.72. The summed E-state index contributed by atoms with van der Waals surface area (Å²) in [5.41, 5.74) is 1.32. The van der Waals surface area contributed by atoms with Gasteiger partial charge in [-0.25, -0.2) is 0 Å². The predicted octanol–water partition coefficient (Wildman–Crippen LogP) is 5.09. The van der Waals surface area contributed by atoms with Crippen LogP contribution in [-0.2, 0) is 13.3 Å². The van der Waals surface area contributed by atoms with Crippen LogP contribution in [0, 0.1) is 0 Å². The van der Waals surface area contributed by atoms with Crippen LogP contribution in [0.25, 0.3) is 10.8 Å². The molecule has 0 radical (unpaired) electrons. The lowest BCUT2D eigenvalue weighted by Gasteiger charge is -2.33. The molecule has 1 atom stereocenters. The maximum absolute atomic E-state index is 6.16. The van der Waals surface area contributed by atoms with E-state index >= 15 is 0 Å². The molecule has 5 nitrogen and oxygen atoms in total. The van der Waals surface area contributed by atoms with E-state index in [4.69, 9.17) is 4.74 Å². The summed E-state index contributed by atoms with van der Waals surface area (Å²) < 4.78 is 8.32. The van der Waals surface area contributed by atoms with E-state index in [2.05, 4.69) is 75.1 Å². The second-order valence-electron chi connectivity index (χ2n) is 7.18. The zero-order chi connectivity index (χ0) is 19.6. The van der Waals surface area contributed by atoms with Crippen LogP contribution >= 0.6 is 11.8 Å². The van der Waals surface area contributed by atoms with Crippen molar-refractivity contribution in [2.45, 2.75) is 31.4 Å². The Labute approximate surface area is 174 Å². The van der Waals surface area contributed by atoms with Gasteiger partial charge in [0.05, 0.1) is 12.5 Å². The first-order valence-electron chi connectivity index (χ1n) is 9.74. The van der Waals surface area contributed by atoms with Gasteiger partial charge in [-0.1, -0.05) is 78.5 Å². The Morgan fingerprint density at radius 3 is 2.66 bits per heavy atom. The molecular formula is C23H22N4OS. The number of hydrogen-bond acceptors (Lipinski definition) is 5. The van der Waals surface area contributed by atoms with Crippen molar-refractivity contribution in [1.29, 1.82) is 0 Å². The van der Waals surface area contributed by atoms with E-state index in [1.165, 1.54) is 10.9 Å². The summed E-state index contributed by atoms with van der Waals surface area (Å²) in [6, 6.07) is 25.3. The van der Waals surface area contributed by atoms with Crippen LogP contribution in [0.4, 0.5) is 0 Å². The lowest BCUT2D eigenvalue weighted by atomic mass is 10.1. The maximum Gasteiger partial charge on any atom is 0.193 e. The summed E-state index contributed by atoms with van der Waals surface area (Å²) in [6.07, 6.45) is 0. The van der Waals surface area contributed by atoms with Gasteiger partial charge in [0.25, 0.3) is 0 Å². The minimum absolute atomic E-state index is 0.325. The molecule has 6 heteroatoms. The third-order valence-electron chi connectivity index (χ3n) is 5.41. The van der Waals surface area contributed by atoms with Crippen LogP contribution in [0.5, 0.6) is 5.75 Å². The standard InChI is InChI=1S/C23H22N4OS/c1-17(18-8-3-2-4-9-18)26-15-27-22(24-25-23(27)29-16-26)14-28-21-13-7-11-19-10-5-6-12-20(19)21/h2-13,17H,14-16H2,1H3/t17-/m0/s1. The van der Waals surface area contributed by atoms with E-state index in [1.807, 2.05) is 24.3 Å². The van der Waals surface area contributed by atoms with E-state index < -0.39 is 0 Å². The van der Waals surface area contributed by atoms with Crippen molar-refractivity contribution in [2.24, 2.45) is 0 Å². The number of thioether (sulfide) groups is 1. The lowest BCUT2D eigenvalue weighted by Crippen LogP contribution is -2.33. The Balaban J connectivity index is 1.34. The molecule has 0 bridgehead atoms. The highest BCUT2D eigenvalue weighted by Gasteiger charge is 2.25. The third kappa shape index (κ3) is 3.61. The van der Waals surface area contributed by atoms with Crippen molar-refractivity contribution < 1.29 is 4.74 Å². The molecule has 1 aromatic heterocycles. The molecule has 0 amide bonds. The number of nitrogens with zero attached hydrogens (tertiary/aromatic N) is 4. The summed E-state index contributed by atoms with van der Waals surface area (Å²) in [6.45, 7) is 3.41. The van der Waals surface area contributed by atoms with E-state index in [1.54, 1.807) is 11.8 Å². The van der Waals surface area contributed by atoms with E-state index in [0.717, 1.165) is 34.7 Å². The highest BCUT2D eigenvalue weighted by atomic mass is 32.2. The molecule has 0 N–H and O–H groups in total. The number of ether oxygens (including phenoxy) is 1. The minimum atomic E-state index is 0.325. The fourth-order valence-electron chi connectivity index (χ4n) is 3.68. The average Bonchev–Trinajstić information content (AvgIpc) is 3.20. The Kier molecular flexibility index (Phi) is 4.96. The van der Waals surface area contributed by atoms with Gasteiger partial charge in [-0.2, -0.15) is 0 Å². The highest BCUT2D eigenvalue weighted by molar-refractivity contribution is 7.99. The molecule has 0 spiro atoms. The topological polar surface area (TPSA) is 43.2 Å². The smallest absolute Gasteiger partial charge is 0.193 e. The van der Waals surface area contributed by atoms with Gasteiger partial charge in [0, 0.05) is 11.4 Å². The number of aromatic nitrogens is 3. The molecule has 5 rings (SSSR count). The SMILES string of the molecule is C[C@@H](c1ccccc1)N1CSc2nnc(COc3cccc4ccccc34)n2C1. The fourth-order valence-corrected chi connectivity index (χ4v) is 4.68. The van der Waals surface area contributed by atoms with Crippen molar-refractivity contribution in [3.8, 4) is 5.75 Å². The van der Waals surface area contributed by atoms with Crippen LogP contribution in [0.1, 0.15) is 24.4 Å². The molecule has 29 heavy (non-hydrogen) atoms.